The minimum Gasteiger partial charge on any atom is -1.00 e. The van der Waals surface area contributed by atoms with Crippen molar-refractivity contribution in [1.82, 2.24) is 0 Å². The Kier molecular flexibility index (Phi) is 273. The topological polar surface area (TPSA) is 611 Å². The van der Waals surface area contributed by atoms with Crippen LogP contribution in [0.2, 0.25) is 0 Å². The quantitative estimate of drug-likeness (QED) is 0.103. The van der Waals surface area contributed by atoms with Gasteiger partial charge in [-0.05, 0) is 0 Å². The normalized spacial score (nSPS) is 6.32. The van der Waals surface area contributed by atoms with Gasteiger partial charge in [-0.15, -0.1) is 0 Å². The summed E-state index contributed by atoms with van der Waals surface area (Å²) in [6, 6.07) is 0. The Morgan fingerprint density at radius 2 is 0.321 bits per heavy atom. The summed E-state index contributed by atoms with van der Waals surface area (Å²) in [5.74, 6) is 0. The second-order valence-corrected chi connectivity index (χ2v) is 4.62. The van der Waals surface area contributed by atoms with Gasteiger partial charge < -0.3 is 111 Å². The van der Waals surface area contributed by atoms with Crippen LogP contribution in [0.3, 0.4) is 0 Å². The van der Waals surface area contributed by atoms with Crippen LogP contribution in [-0.4, -0.2) is 110 Å². The molecule has 0 saturated carbocycles. The van der Waals surface area contributed by atoms with E-state index < -0.39 is 23.5 Å². The van der Waals surface area contributed by atoms with Crippen LogP contribution in [0.4, 0.5) is 0 Å². The molecule has 0 unspecified atom stereocenters. The average molecular weight is 534 g/mol. The fourth-order valence-electron chi connectivity index (χ4n) is 0. The van der Waals surface area contributed by atoms with Gasteiger partial charge in [0.2, 0.25) is 0 Å². The van der Waals surface area contributed by atoms with Crippen LogP contribution < -0.4 is 29.6 Å². The molecule has 0 bridgehead atoms. The van der Waals surface area contributed by atoms with E-state index >= 15 is 0 Å². The number of hydrogen-bond acceptors (Lipinski definition) is 3. The van der Waals surface area contributed by atoms with Gasteiger partial charge in [-0.2, -0.15) is 0 Å². The first-order valence-electron chi connectivity index (χ1n) is 2.35. The zero-order valence-electron chi connectivity index (χ0n) is 14.6. The molecule has 0 aromatic rings. The molecule has 0 radical (unpaired) electrons. The van der Waals surface area contributed by atoms with Crippen LogP contribution in [0.1, 0.15) is 1.43 Å². The number of hydrogen-bond donors (Lipinski definition) is 9. The molecule has 0 heterocycles. The Labute approximate surface area is 178 Å². The Hall–Kier alpha value is 0.850. The third kappa shape index (κ3) is 24800. The van der Waals surface area contributed by atoms with Crippen LogP contribution in [0.15, 0.2) is 0 Å². The third-order valence-corrected chi connectivity index (χ3v) is 0. The van der Waals surface area contributed by atoms with Gasteiger partial charge in [0.25, 0.3) is 0 Å². The van der Waals surface area contributed by atoms with Crippen LogP contribution in [0.5, 0.6) is 0 Å². The molecular formula is H34NaO24P3. The first-order valence-corrected chi connectivity index (χ1v) is 7.04. The van der Waals surface area contributed by atoms with Crippen molar-refractivity contribution in [2.24, 2.45) is 0 Å². The molecule has 0 aliphatic heterocycles. The fourth-order valence-corrected chi connectivity index (χ4v) is 0. The predicted octanol–water partition coefficient (Wildman–Crippen LogP) is -15.6. The van der Waals surface area contributed by atoms with Crippen LogP contribution in [-0.2, 0) is 13.7 Å². The molecule has 0 atom stereocenters. The minimum atomic E-state index is -4.64. The Morgan fingerprint density at radius 3 is 0.321 bits per heavy atom. The molecule has 0 saturated heterocycles. The van der Waals surface area contributed by atoms with Gasteiger partial charge in [0.15, 0.2) is 0 Å². The van der Waals surface area contributed by atoms with Crippen molar-refractivity contribution in [3.8, 4) is 0 Å². The summed E-state index contributed by atoms with van der Waals surface area (Å²) in [5.41, 5.74) is 0. The number of phosphoric acid groups is 3. The van der Waals surface area contributed by atoms with Gasteiger partial charge in [-0.25, -0.2) is 13.7 Å². The average Bonchev–Trinajstić information content (AvgIpc) is 1.41. The minimum absolute atomic E-state index is 0. The van der Waals surface area contributed by atoms with Crippen molar-refractivity contribution >= 4 is 23.5 Å². The summed E-state index contributed by atoms with van der Waals surface area (Å²) in [7, 11) is -13.9. The summed E-state index contributed by atoms with van der Waals surface area (Å²) in [4.78, 5) is 64.7. The van der Waals surface area contributed by atoms with Crippen molar-refractivity contribution in [2.45, 2.75) is 0 Å². The Bertz CT molecular complexity index is 212. The molecule has 0 spiro atoms. The van der Waals surface area contributed by atoms with E-state index in [4.69, 9.17) is 57.7 Å². The molecule has 0 aliphatic carbocycles. The smallest absolute Gasteiger partial charge is 1.00 e. The monoisotopic (exact) mass is 534 g/mol. The maximum atomic E-state index is 8.88. The van der Waals surface area contributed by atoms with E-state index in [2.05, 4.69) is 0 Å². The predicted molar refractivity (Wildman–Crippen MR) is 87.3 cm³/mol. The molecule has 28 heavy (non-hydrogen) atoms. The van der Waals surface area contributed by atoms with Crippen LogP contribution >= 0.6 is 23.5 Å². The molecule has 33 N–H and O–H groups in total. The Morgan fingerprint density at radius 1 is 0.321 bits per heavy atom. The molecule has 0 amide bonds. The van der Waals surface area contributed by atoms with Crippen molar-refractivity contribution in [3.63, 3.8) is 0 Å². The van der Waals surface area contributed by atoms with E-state index in [0.717, 1.165) is 0 Å². The van der Waals surface area contributed by atoms with E-state index in [0.29, 0.717) is 0 Å². The third-order valence-electron chi connectivity index (χ3n) is 0. The van der Waals surface area contributed by atoms with Gasteiger partial charge in [0, 0.05) is 0 Å². The second-order valence-electron chi connectivity index (χ2n) is 1.54. The molecule has 0 fully saturated rings. The SMILES string of the molecule is O.O.O.O.O.O.O.O.O.O.O.O.O=P(O)(O)O.O=P(O)(O)O.O=P(O)(O)O.[H-].[Na+]. The van der Waals surface area contributed by atoms with Crippen molar-refractivity contribution < 1.29 is 154 Å². The molecule has 0 aromatic heterocycles. The van der Waals surface area contributed by atoms with Crippen LogP contribution in [0, 0.1) is 0 Å². The van der Waals surface area contributed by atoms with Crippen molar-refractivity contribution in [1.29, 1.82) is 0 Å². The summed E-state index contributed by atoms with van der Waals surface area (Å²) in [6.45, 7) is 0. The van der Waals surface area contributed by atoms with Crippen molar-refractivity contribution in [2.75, 3.05) is 0 Å². The summed E-state index contributed by atoms with van der Waals surface area (Å²) in [5, 5.41) is 0. The van der Waals surface area contributed by atoms with E-state index in [1.807, 2.05) is 0 Å². The first-order chi connectivity index (χ1) is 6.00. The van der Waals surface area contributed by atoms with Gasteiger partial charge >= 0.3 is 53.0 Å². The Balaban J connectivity index is -0.00000000400. The van der Waals surface area contributed by atoms with E-state index in [1.165, 1.54) is 0 Å². The van der Waals surface area contributed by atoms with E-state index in [1.54, 1.807) is 0 Å². The molecule has 0 rings (SSSR count). The molecule has 0 aliphatic rings. The molecule has 194 valence electrons. The van der Waals surface area contributed by atoms with Crippen LogP contribution in [0.25, 0.3) is 0 Å². The second kappa shape index (κ2) is 56.5. The molecule has 28 heteroatoms. The summed E-state index contributed by atoms with van der Waals surface area (Å²) in [6.07, 6.45) is 0. The zero-order chi connectivity index (χ0) is 13.5. The molecular weight excluding hydrogens is 500 g/mol. The summed E-state index contributed by atoms with van der Waals surface area (Å²) >= 11 is 0. The first kappa shape index (κ1) is 136. The van der Waals surface area contributed by atoms with Gasteiger partial charge in [0.1, 0.15) is 0 Å². The number of rotatable bonds is 0. The summed E-state index contributed by atoms with van der Waals surface area (Å²) < 4.78 is 26.6. The van der Waals surface area contributed by atoms with Gasteiger partial charge in [-0.3, -0.25) is 0 Å². The zero-order valence-corrected chi connectivity index (χ0v) is 18.3. The standard InChI is InChI=1S/Na.3H3O4P.12H2O.H/c;3*1-5(2,3)4;;;;;;;;;;;;;/h;3*(H3,1,2,3,4);12*1H2;/q+1;;;;;;;;;;;;;;;;-1. The van der Waals surface area contributed by atoms with E-state index in [9.17, 15) is 0 Å². The van der Waals surface area contributed by atoms with E-state index in [-0.39, 0.29) is 96.7 Å². The van der Waals surface area contributed by atoms with Crippen molar-refractivity contribution in [3.05, 3.63) is 0 Å². The maximum Gasteiger partial charge on any atom is 1.00 e. The molecule has 0 aromatic carbocycles. The fraction of sp³-hybridized carbons (Fsp3) is 0. The van der Waals surface area contributed by atoms with Gasteiger partial charge in [0.05, 0.1) is 0 Å². The molecule has 24 nitrogen and oxygen atoms in total. The van der Waals surface area contributed by atoms with Gasteiger partial charge in [-0.1, -0.05) is 0 Å². The maximum absolute atomic E-state index is 8.88. The largest absolute Gasteiger partial charge is 1.00 e.